The number of rotatable bonds is 2. The van der Waals surface area contributed by atoms with Crippen molar-refractivity contribution in [1.29, 1.82) is 0 Å². The van der Waals surface area contributed by atoms with E-state index < -0.39 is 0 Å². The zero-order valence-electron chi connectivity index (χ0n) is 9.11. The first kappa shape index (κ1) is 13.0. The van der Waals surface area contributed by atoms with Gasteiger partial charge in [0.2, 0.25) is 0 Å². The molecule has 0 heterocycles. The third-order valence-corrected chi connectivity index (χ3v) is 2.75. The van der Waals surface area contributed by atoms with Crippen LogP contribution in [0.15, 0.2) is 48.5 Å². The minimum absolute atomic E-state index is 0.878. The molecule has 82 valence electrons. The van der Waals surface area contributed by atoms with Crippen molar-refractivity contribution in [2.24, 2.45) is 0 Å². The number of benzene rings is 2. The van der Waals surface area contributed by atoms with E-state index in [4.69, 9.17) is 4.74 Å². The maximum absolute atomic E-state index is 4.89. The molecule has 0 spiro atoms. The normalized spacial score (nSPS) is 8.88. The van der Waals surface area contributed by atoms with Crippen LogP contribution >= 0.6 is 22.6 Å². The van der Waals surface area contributed by atoms with Crippen LogP contribution in [0.2, 0.25) is 0 Å². The van der Waals surface area contributed by atoms with Crippen molar-refractivity contribution < 1.29 is 4.74 Å². The highest BCUT2D eigenvalue weighted by Gasteiger charge is 1.81. The first-order valence-corrected chi connectivity index (χ1v) is 6.40. The molecule has 0 aliphatic rings. The highest BCUT2D eigenvalue weighted by atomic mass is 127. The Morgan fingerprint density at radius 3 is 1.81 bits per heavy atom. The van der Waals surface area contributed by atoms with Gasteiger partial charge in [0.15, 0.2) is 0 Å². The van der Waals surface area contributed by atoms with Crippen LogP contribution in [0.25, 0.3) is 0 Å². The second-order valence-electron chi connectivity index (χ2n) is 2.98. The standard InChI is InChI=1S/C7H6I.C7H7O/c8-6-7-4-2-1-3-5-7;1-8-7-5-3-2-4-6-7/h2-5H,6H2;3-6H,1H3. The molecule has 0 amide bonds. The van der Waals surface area contributed by atoms with Crippen molar-refractivity contribution >= 4 is 22.6 Å². The number of hydrogen-bond acceptors (Lipinski definition) is 1. The molecule has 0 aliphatic heterocycles. The molecule has 16 heavy (non-hydrogen) atoms. The molecule has 0 aromatic heterocycles. The number of alkyl halides is 1. The molecule has 2 radical (unpaired) electrons. The first-order chi connectivity index (χ1) is 7.86. The van der Waals surface area contributed by atoms with Crippen molar-refractivity contribution in [2.45, 2.75) is 4.43 Å². The van der Waals surface area contributed by atoms with E-state index in [0.717, 1.165) is 10.2 Å². The van der Waals surface area contributed by atoms with Crippen LogP contribution in [-0.4, -0.2) is 7.11 Å². The number of hydrogen-bond donors (Lipinski definition) is 0. The van der Waals surface area contributed by atoms with Crippen LogP contribution in [0.4, 0.5) is 0 Å². The molecular formula is C14H13IO. The molecule has 0 N–H and O–H groups in total. The quantitative estimate of drug-likeness (QED) is 0.601. The minimum Gasteiger partial charge on any atom is -0.497 e. The Labute approximate surface area is 111 Å². The largest absolute Gasteiger partial charge is 0.497 e. The van der Waals surface area contributed by atoms with E-state index in [9.17, 15) is 0 Å². The van der Waals surface area contributed by atoms with Gasteiger partial charge in [-0.2, -0.15) is 0 Å². The minimum atomic E-state index is 0.878. The Morgan fingerprint density at radius 2 is 1.50 bits per heavy atom. The van der Waals surface area contributed by atoms with Gasteiger partial charge >= 0.3 is 0 Å². The molecule has 0 saturated heterocycles. The number of methoxy groups -OCH3 is 1. The van der Waals surface area contributed by atoms with E-state index in [2.05, 4.69) is 46.9 Å². The van der Waals surface area contributed by atoms with Crippen molar-refractivity contribution in [1.82, 2.24) is 0 Å². The fraction of sp³-hybridized carbons (Fsp3) is 0.143. The second-order valence-corrected chi connectivity index (χ2v) is 3.74. The lowest BCUT2D eigenvalue weighted by atomic mass is 10.2. The molecule has 2 aromatic rings. The summed E-state index contributed by atoms with van der Waals surface area (Å²) in [6, 6.07) is 21.2. The van der Waals surface area contributed by atoms with E-state index in [1.54, 1.807) is 7.11 Å². The van der Waals surface area contributed by atoms with Gasteiger partial charge < -0.3 is 4.74 Å². The third kappa shape index (κ3) is 5.16. The van der Waals surface area contributed by atoms with Gasteiger partial charge in [0.1, 0.15) is 5.75 Å². The lowest BCUT2D eigenvalue weighted by Crippen LogP contribution is -1.78. The molecule has 0 aliphatic carbocycles. The third-order valence-electron chi connectivity index (χ3n) is 1.86. The highest BCUT2D eigenvalue weighted by Crippen LogP contribution is 2.05. The Morgan fingerprint density at radius 1 is 1.00 bits per heavy atom. The Hall–Kier alpha value is -1.03. The van der Waals surface area contributed by atoms with Gasteiger partial charge in [0, 0.05) is 4.43 Å². The molecule has 0 atom stereocenters. The van der Waals surface area contributed by atoms with E-state index in [-0.39, 0.29) is 0 Å². The molecule has 0 fully saturated rings. The molecule has 2 aromatic carbocycles. The average molecular weight is 324 g/mol. The predicted octanol–water partition coefficient (Wildman–Crippen LogP) is 3.92. The van der Waals surface area contributed by atoms with Crippen LogP contribution < -0.4 is 4.74 Å². The molecule has 0 bridgehead atoms. The smallest absolute Gasteiger partial charge is 0.118 e. The zero-order chi connectivity index (χ0) is 11.6. The van der Waals surface area contributed by atoms with E-state index >= 15 is 0 Å². The Kier molecular flexibility index (Phi) is 6.65. The zero-order valence-corrected chi connectivity index (χ0v) is 11.3. The van der Waals surface area contributed by atoms with Gasteiger partial charge in [-0.25, -0.2) is 0 Å². The monoisotopic (exact) mass is 324 g/mol. The van der Waals surface area contributed by atoms with Crippen molar-refractivity contribution in [3.8, 4) is 5.75 Å². The lowest BCUT2D eigenvalue weighted by molar-refractivity contribution is 0.415. The van der Waals surface area contributed by atoms with Crippen LogP contribution in [-0.2, 0) is 4.43 Å². The summed E-state index contributed by atoms with van der Waals surface area (Å²) in [5.74, 6) is 0.878. The SMILES string of the molecule is COc1cc[c]cc1.ICc1cc[c]cc1. The summed E-state index contributed by atoms with van der Waals surface area (Å²) in [6.45, 7) is 0. The van der Waals surface area contributed by atoms with Gasteiger partial charge in [0.05, 0.1) is 7.11 Å². The Bertz CT molecular complexity index is 333. The fourth-order valence-corrected chi connectivity index (χ4v) is 1.53. The number of halogens is 1. The summed E-state index contributed by atoms with van der Waals surface area (Å²) >= 11 is 2.34. The summed E-state index contributed by atoms with van der Waals surface area (Å²) in [6.07, 6.45) is 0. The second kappa shape index (κ2) is 8.16. The van der Waals surface area contributed by atoms with Gasteiger partial charge in [0.25, 0.3) is 0 Å². The summed E-state index contributed by atoms with van der Waals surface area (Å²) in [5, 5.41) is 0. The molecule has 1 nitrogen and oxygen atoms in total. The van der Waals surface area contributed by atoms with Gasteiger partial charge in [-0.15, -0.1) is 0 Å². The van der Waals surface area contributed by atoms with E-state index in [1.807, 2.05) is 36.4 Å². The topological polar surface area (TPSA) is 9.23 Å². The summed E-state index contributed by atoms with van der Waals surface area (Å²) in [5.41, 5.74) is 1.37. The Balaban J connectivity index is 0.000000160. The van der Waals surface area contributed by atoms with Crippen LogP contribution in [0.1, 0.15) is 5.56 Å². The van der Waals surface area contributed by atoms with Crippen LogP contribution in [0, 0.1) is 12.1 Å². The molecule has 2 rings (SSSR count). The summed E-state index contributed by atoms with van der Waals surface area (Å²) in [4.78, 5) is 0. The van der Waals surface area contributed by atoms with Crippen molar-refractivity contribution in [2.75, 3.05) is 7.11 Å². The maximum atomic E-state index is 4.89. The van der Waals surface area contributed by atoms with Crippen LogP contribution in [0.3, 0.4) is 0 Å². The van der Waals surface area contributed by atoms with E-state index in [0.29, 0.717) is 0 Å². The maximum Gasteiger partial charge on any atom is 0.118 e. The molecule has 0 saturated carbocycles. The molecule has 0 unspecified atom stereocenters. The van der Waals surface area contributed by atoms with Gasteiger partial charge in [-0.3, -0.25) is 0 Å². The van der Waals surface area contributed by atoms with Gasteiger partial charge in [-0.1, -0.05) is 59.0 Å². The van der Waals surface area contributed by atoms with Crippen molar-refractivity contribution in [3.63, 3.8) is 0 Å². The lowest BCUT2D eigenvalue weighted by Gasteiger charge is -1.93. The average Bonchev–Trinajstić information content (AvgIpc) is 2.41. The molecule has 2 heteroatoms. The van der Waals surface area contributed by atoms with Crippen LogP contribution in [0.5, 0.6) is 5.75 Å². The summed E-state index contributed by atoms with van der Waals surface area (Å²) < 4.78 is 5.98. The summed E-state index contributed by atoms with van der Waals surface area (Å²) in [7, 11) is 1.65. The fourth-order valence-electron chi connectivity index (χ4n) is 1.02. The van der Waals surface area contributed by atoms with E-state index in [1.165, 1.54) is 5.56 Å². The molecular weight excluding hydrogens is 311 g/mol. The predicted molar refractivity (Wildman–Crippen MR) is 74.8 cm³/mol. The number of ether oxygens (including phenoxy) is 1. The van der Waals surface area contributed by atoms with Crippen molar-refractivity contribution in [3.05, 3.63) is 66.2 Å². The first-order valence-electron chi connectivity index (χ1n) is 4.88. The highest BCUT2D eigenvalue weighted by molar-refractivity contribution is 14.1. The van der Waals surface area contributed by atoms with Gasteiger partial charge in [-0.05, 0) is 29.8 Å².